The third-order valence-corrected chi connectivity index (χ3v) is 2.54. The van der Waals surface area contributed by atoms with Crippen LogP contribution in [0.1, 0.15) is 53.4 Å². The smallest absolute Gasteiger partial charge is 0.0686 e. The molecule has 0 aliphatic heterocycles. The number of rotatable bonds is 7. The van der Waals surface area contributed by atoms with Crippen molar-refractivity contribution < 1.29 is 5.11 Å². The summed E-state index contributed by atoms with van der Waals surface area (Å²) in [4.78, 5) is 0. The number of allylic oxidation sites excluding steroid dienone is 4. The Labute approximate surface area is 106 Å². The summed E-state index contributed by atoms with van der Waals surface area (Å²) >= 11 is 0. The van der Waals surface area contributed by atoms with Crippen molar-refractivity contribution in [2.24, 2.45) is 0 Å². The molecule has 0 heterocycles. The van der Waals surface area contributed by atoms with Gasteiger partial charge >= 0.3 is 0 Å². The van der Waals surface area contributed by atoms with Crippen LogP contribution < -0.4 is 0 Å². The molecule has 0 aliphatic rings. The van der Waals surface area contributed by atoms with Gasteiger partial charge in [-0.15, -0.1) is 5.73 Å². The van der Waals surface area contributed by atoms with Crippen LogP contribution >= 0.6 is 0 Å². The highest BCUT2D eigenvalue weighted by atomic mass is 16.2. The van der Waals surface area contributed by atoms with Crippen molar-refractivity contribution >= 4 is 0 Å². The molecule has 0 aliphatic carbocycles. The van der Waals surface area contributed by atoms with Crippen molar-refractivity contribution in [3.05, 3.63) is 40.7 Å². The molecule has 0 rings (SSSR count). The second-order valence-electron chi connectivity index (χ2n) is 4.72. The quantitative estimate of drug-likeness (QED) is 0.506. The van der Waals surface area contributed by atoms with E-state index < -0.39 is 0 Å². The van der Waals surface area contributed by atoms with Crippen LogP contribution in [-0.2, 0) is 0 Å². The molecule has 0 aromatic heterocycles. The maximum atomic E-state index is 8.62. The standard InChI is InChI=1S/C16H26O/c1-14(2)8-5-9-15(3)10-6-11-16(4)12-7-13-17/h7-8,10,17H,5-6,9,11,13H2,1-4H3/b15-10-. The lowest BCUT2D eigenvalue weighted by Crippen LogP contribution is -1.80. The summed E-state index contributed by atoms with van der Waals surface area (Å²) in [7, 11) is 0. The first-order chi connectivity index (χ1) is 8.06. The Morgan fingerprint density at radius 3 is 2.24 bits per heavy atom. The van der Waals surface area contributed by atoms with Gasteiger partial charge in [0.1, 0.15) is 0 Å². The van der Waals surface area contributed by atoms with Gasteiger partial charge in [-0.1, -0.05) is 23.3 Å². The Bertz CT molecular complexity index is 321. The minimum absolute atomic E-state index is 0.0783. The zero-order chi connectivity index (χ0) is 13.1. The predicted molar refractivity (Wildman–Crippen MR) is 76.0 cm³/mol. The average Bonchev–Trinajstić information content (AvgIpc) is 2.25. The Morgan fingerprint density at radius 1 is 1.00 bits per heavy atom. The zero-order valence-corrected chi connectivity index (χ0v) is 11.7. The zero-order valence-electron chi connectivity index (χ0n) is 11.7. The molecule has 0 bridgehead atoms. The Hall–Kier alpha value is -1.04. The van der Waals surface area contributed by atoms with Crippen molar-refractivity contribution in [1.29, 1.82) is 0 Å². The van der Waals surface area contributed by atoms with Crippen LogP contribution in [0.2, 0.25) is 0 Å². The van der Waals surface area contributed by atoms with Crippen molar-refractivity contribution in [2.75, 3.05) is 6.61 Å². The lowest BCUT2D eigenvalue weighted by molar-refractivity contribution is 0.343. The summed E-state index contributed by atoms with van der Waals surface area (Å²) in [6, 6.07) is 0. The van der Waals surface area contributed by atoms with Gasteiger partial charge in [-0.05, 0) is 65.0 Å². The molecule has 0 unspecified atom stereocenters. The maximum absolute atomic E-state index is 8.62. The topological polar surface area (TPSA) is 20.2 Å². The van der Waals surface area contributed by atoms with Gasteiger partial charge in [0.05, 0.1) is 6.61 Å². The van der Waals surface area contributed by atoms with Gasteiger partial charge in [-0.3, -0.25) is 0 Å². The van der Waals surface area contributed by atoms with E-state index >= 15 is 0 Å². The van der Waals surface area contributed by atoms with Gasteiger partial charge in [0.2, 0.25) is 0 Å². The molecule has 0 saturated heterocycles. The largest absolute Gasteiger partial charge is 0.392 e. The van der Waals surface area contributed by atoms with E-state index in [1.54, 1.807) is 6.08 Å². The summed E-state index contributed by atoms with van der Waals surface area (Å²) in [5.74, 6) is 0. The van der Waals surface area contributed by atoms with Crippen LogP contribution in [0.5, 0.6) is 0 Å². The van der Waals surface area contributed by atoms with Crippen molar-refractivity contribution in [1.82, 2.24) is 0 Å². The highest BCUT2D eigenvalue weighted by molar-refractivity contribution is 5.05. The van der Waals surface area contributed by atoms with Gasteiger partial charge in [-0.25, -0.2) is 0 Å². The average molecular weight is 234 g/mol. The van der Waals surface area contributed by atoms with E-state index in [1.807, 2.05) is 0 Å². The fourth-order valence-electron chi connectivity index (χ4n) is 1.52. The maximum Gasteiger partial charge on any atom is 0.0686 e. The monoisotopic (exact) mass is 234 g/mol. The molecule has 1 N–H and O–H groups in total. The summed E-state index contributed by atoms with van der Waals surface area (Å²) in [6.07, 6.45) is 10.6. The summed E-state index contributed by atoms with van der Waals surface area (Å²) < 4.78 is 0. The van der Waals surface area contributed by atoms with Crippen molar-refractivity contribution in [2.45, 2.75) is 53.4 Å². The predicted octanol–water partition coefficient (Wildman–Crippen LogP) is 4.55. The molecule has 0 aromatic rings. The summed E-state index contributed by atoms with van der Waals surface area (Å²) in [6.45, 7) is 8.61. The molecule has 0 fully saturated rings. The van der Waals surface area contributed by atoms with Crippen molar-refractivity contribution in [3.63, 3.8) is 0 Å². The fraction of sp³-hybridized carbons (Fsp3) is 0.562. The van der Waals surface area contributed by atoms with Crippen LogP contribution in [0.15, 0.2) is 40.7 Å². The number of aliphatic hydroxyl groups excluding tert-OH is 1. The molecule has 1 heteroatoms. The Kier molecular flexibility index (Phi) is 9.52. The highest BCUT2D eigenvalue weighted by Gasteiger charge is 1.90. The van der Waals surface area contributed by atoms with E-state index in [1.165, 1.54) is 16.7 Å². The molecule has 96 valence electrons. The van der Waals surface area contributed by atoms with Crippen LogP contribution in [0, 0.1) is 0 Å². The Balaban J connectivity index is 3.92. The normalized spacial score (nSPS) is 10.8. The molecule has 0 amide bonds. The first-order valence-electron chi connectivity index (χ1n) is 6.36. The third-order valence-electron chi connectivity index (χ3n) is 2.54. The SMILES string of the molecule is CC(=C=CCO)CC/C=C(/C)CCC=C(C)C. The summed E-state index contributed by atoms with van der Waals surface area (Å²) in [5, 5.41) is 8.62. The lowest BCUT2D eigenvalue weighted by Gasteiger charge is -1.99. The van der Waals surface area contributed by atoms with Crippen LogP contribution in [0.4, 0.5) is 0 Å². The second-order valence-corrected chi connectivity index (χ2v) is 4.72. The van der Waals surface area contributed by atoms with E-state index in [-0.39, 0.29) is 6.61 Å². The van der Waals surface area contributed by atoms with Crippen molar-refractivity contribution in [3.8, 4) is 0 Å². The molecule has 0 saturated carbocycles. The molecule has 0 spiro atoms. The third kappa shape index (κ3) is 11.2. The van der Waals surface area contributed by atoms with E-state index in [4.69, 9.17) is 5.11 Å². The van der Waals surface area contributed by atoms with Crippen LogP contribution in [-0.4, -0.2) is 11.7 Å². The molecule has 17 heavy (non-hydrogen) atoms. The molecule has 0 aromatic carbocycles. The Morgan fingerprint density at radius 2 is 1.65 bits per heavy atom. The molecule has 0 atom stereocenters. The highest BCUT2D eigenvalue weighted by Crippen LogP contribution is 2.10. The molecule has 1 nitrogen and oxygen atoms in total. The minimum atomic E-state index is 0.0783. The second kappa shape index (κ2) is 10.1. The van der Waals surface area contributed by atoms with Gasteiger partial charge in [0, 0.05) is 0 Å². The fourth-order valence-corrected chi connectivity index (χ4v) is 1.52. The molecular formula is C16H26O. The number of hydrogen-bond acceptors (Lipinski definition) is 1. The van der Waals surface area contributed by atoms with E-state index in [9.17, 15) is 0 Å². The molecular weight excluding hydrogens is 208 g/mol. The molecule has 0 radical (unpaired) electrons. The van der Waals surface area contributed by atoms with Gasteiger partial charge in [0.15, 0.2) is 0 Å². The van der Waals surface area contributed by atoms with E-state index in [0.29, 0.717) is 0 Å². The number of hydrogen-bond donors (Lipinski definition) is 1. The first kappa shape index (κ1) is 16.0. The van der Waals surface area contributed by atoms with Crippen LogP contribution in [0.25, 0.3) is 0 Å². The first-order valence-corrected chi connectivity index (χ1v) is 6.36. The van der Waals surface area contributed by atoms with Crippen LogP contribution in [0.3, 0.4) is 0 Å². The van der Waals surface area contributed by atoms with E-state index in [0.717, 1.165) is 25.7 Å². The van der Waals surface area contributed by atoms with Gasteiger partial charge < -0.3 is 5.11 Å². The van der Waals surface area contributed by atoms with Gasteiger partial charge in [-0.2, -0.15) is 0 Å². The lowest BCUT2D eigenvalue weighted by atomic mass is 10.1. The van der Waals surface area contributed by atoms with Gasteiger partial charge in [0.25, 0.3) is 0 Å². The van der Waals surface area contributed by atoms with E-state index in [2.05, 4.69) is 45.6 Å². The number of aliphatic hydroxyl groups is 1. The minimum Gasteiger partial charge on any atom is -0.392 e. The summed E-state index contributed by atoms with van der Waals surface area (Å²) in [5.41, 5.74) is 7.12.